The highest BCUT2D eigenvalue weighted by Crippen LogP contribution is 2.44. The molecule has 1 atom stereocenters. The molecule has 1 aliphatic heterocycles. The van der Waals surface area contributed by atoms with Crippen molar-refractivity contribution in [1.29, 1.82) is 0 Å². The third-order valence-corrected chi connectivity index (χ3v) is 5.08. The predicted molar refractivity (Wildman–Crippen MR) is 96.7 cm³/mol. The quantitative estimate of drug-likeness (QED) is 0.579. The number of benzene rings is 2. The van der Waals surface area contributed by atoms with Crippen molar-refractivity contribution in [2.75, 3.05) is 5.73 Å². The molecule has 1 amide bonds. The summed E-state index contributed by atoms with van der Waals surface area (Å²) in [5, 5.41) is 18.0. The highest BCUT2D eigenvalue weighted by molar-refractivity contribution is 6.30. The molecule has 4 rings (SSSR count). The summed E-state index contributed by atoms with van der Waals surface area (Å²) in [5.41, 5.74) is 3.70. The van der Waals surface area contributed by atoms with E-state index in [2.05, 4.69) is 10.4 Å². The third kappa shape index (κ3) is 2.54. The second-order valence-corrected chi connectivity index (χ2v) is 7.00. The number of nitrogens with zero attached hydrogens (tertiary/aromatic N) is 2. The SMILES string of the molecule is Cn1nc2cc3c(c(N)c2c1CC(F)F)C(O)(c1cc(Cl)ccc1F)NC3=O. The monoisotopic (exact) mass is 410 g/mol. The van der Waals surface area contributed by atoms with Crippen LogP contribution < -0.4 is 11.1 Å². The summed E-state index contributed by atoms with van der Waals surface area (Å²) in [4.78, 5) is 12.5. The summed E-state index contributed by atoms with van der Waals surface area (Å²) < 4.78 is 41.8. The Labute approximate surface area is 161 Å². The van der Waals surface area contributed by atoms with Gasteiger partial charge in [0.1, 0.15) is 5.82 Å². The number of nitrogens with one attached hydrogen (secondary N) is 1. The number of alkyl halides is 2. The molecule has 146 valence electrons. The zero-order chi connectivity index (χ0) is 20.4. The molecule has 0 spiro atoms. The third-order valence-electron chi connectivity index (χ3n) is 4.85. The Balaban J connectivity index is 2.05. The van der Waals surface area contributed by atoms with E-state index in [0.29, 0.717) is 0 Å². The number of nitrogens with two attached hydrogens (primary N) is 1. The Morgan fingerprint density at radius 1 is 1.39 bits per heavy atom. The van der Waals surface area contributed by atoms with E-state index in [4.69, 9.17) is 17.3 Å². The molecule has 0 saturated carbocycles. The second kappa shape index (κ2) is 6.11. The van der Waals surface area contributed by atoms with Crippen molar-refractivity contribution in [2.45, 2.75) is 18.6 Å². The van der Waals surface area contributed by atoms with E-state index in [1.807, 2.05) is 0 Å². The highest BCUT2D eigenvalue weighted by atomic mass is 35.5. The normalized spacial score (nSPS) is 18.8. The summed E-state index contributed by atoms with van der Waals surface area (Å²) in [6, 6.07) is 4.83. The van der Waals surface area contributed by atoms with Gasteiger partial charge in [-0.2, -0.15) is 5.10 Å². The average molecular weight is 411 g/mol. The van der Waals surface area contributed by atoms with Crippen LogP contribution in [0.25, 0.3) is 10.9 Å². The number of fused-ring (bicyclic) bond motifs is 2. The first kappa shape index (κ1) is 18.6. The Morgan fingerprint density at radius 3 is 2.79 bits per heavy atom. The first-order valence-corrected chi connectivity index (χ1v) is 8.58. The molecule has 0 fully saturated rings. The van der Waals surface area contributed by atoms with Crippen LogP contribution >= 0.6 is 11.6 Å². The minimum Gasteiger partial charge on any atom is -0.398 e. The summed E-state index contributed by atoms with van der Waals surface area (Å²) in [6.45, 7) is 0. The van der Waals surface area contributed by atoms with Gasteiger partial charge in [0.2, 0.25) is 6.43 Å². The molecule has 10 heteroatoms. The van der Waals surface area contributed by atoms with Gasteiger partial charge in [-0.05, 0) is 24.3 Å². The number of aliphatic hydroxyl groups is 1. The Bertz CT molecular complexity index is 1150. The van der Waals surface area contributed by atoms with Gasteiger partial charge >= 0.3 is 0 Å². The maximum atomic E-state index is 14.5. The summed E-state index contributed by atoms with van der Waals surface area (Å²) in [6.07, 6.45) is -3.28. The van der Waals surface area contributed by atoms with Crippen molar-refractivity contribution in [3.8, 4) is 0 Å². The van der Waals surface area contributed by atoms with E-state index in [0.717, 1.165) is 6.07 Å². The number of hydrogen-bond acceptors (Lipinski definition) is 4. The number of anilines is 1. The topological polar surface area (TPSA) is 93.2 Å². The van der Waals surface area contributed by atoms with Crippen molar-refractivity contribution in [1.82, 2.24) is 15.1 Å². The summed E-state index contributed by atoms with van der Waals surface area (Å²) in [7, 11) is 1.48. The fourth-order valence-electron chi connectivity index (χ4n) is 3.68. The predicted octanol–water partition coefficient (Wildman–Crippen LogP) is 2.69. The standard InChI is InChI=1S/C18H14ClF3N4O2/c1-26-12(6-13(21)22)14-11(25-26)5-8-15(16(14)23)18(28,24-17(8)27)9-4-7(19)2-3-10(9)20/h2-5,13,28H,6,23H2,1H3,(H,24,27). The molecular formula is C18H14ClF3N4O2. The van der Waals surface area contributed by atoms with Crippen LogP contribution in [0.4, 0.5) is 18.9 Å². The van der Waals surface area contributed by atoms with Gasteiger partial charge in [0.05, 0.1) is 28.9 Å². The molecule has 2 aromatic carbocycles. The van der Waals surface area contributed by atoms with Gasteiger partial charge in [-0.15, -0.1) is 0 Å². The van der Waals surface area contributed by atoms with Crippen LogP contribution in [0.1, 0.15) is 27.2 Å². The fourth-order valence-corrected chi connectivity index (χ4v) is 3.85. The first-order valence-electron chi connectivity index (χ1n) is 8.20. The zero-order valence-electron chi connectivity index (χ0n) is 14.4. The van der Waals surface area contributed by atoms with Gasteiger partial charge in [0.15, 0.2) is 5.72 Å². The van der Waals surface area contributed by atoms with Gasteiger partial charge in [0, 0.05) is 28.6 Å². The van der Waals surface area contributed by atoms with Gasteiger partial charge in [-0.3, -0.25) is 9.48 Å². The van der Waals surface area contributed by atoms with E-state index < -0.39 is 30.3 Å². The van der Waals surface area contributed by atoms with E-state index in [-0.39, 0.29) is 44.0 Å². The molecule has 2 heterocycles. The zero-order valence-corrected chi connectivity index (χ0v) is 15.2. The lowest BCUT2D eigenvalue weighted by molar-refractivity contribution is 0.0456. The summed E-state index contributed by atoms with van der Waals surface area (Å²) >= 11 is 5.92. The van der Waals surface area contributed by atoms with Crippen LogP contribution in [0.3, 0.4) is 0 Å². The van der Waals surface area contributed by atoms with Crippen molar-refractivity contribution in [3.63, 3.8) is 0 Å². The van der Waals surface area contributed by atoms with Gasteiger partial charge < -0.3 is 16.2 Å². The van der Waals surface area contributed by atoms with Gasteiger partial charge in [-0.25, -0.2) is 13.2 Å². The van der Waals surface area contributed by atoms with E-state index in [9.17, 15) is 23.1 Å². The van der Waals surface area contributed by atoms with Crippen molar-refractivity contribution < 1.29 is 23.1 Å². The van der Waals surface area contributed by atoms with E-state index in [1.165, 1.54) is 29.9 Å². The van der Waals surface area contributed by atoms with Crippen LogP contribution in [0, 0.1) is 5.82 Å². The molecule has 0 aliphatic carbocycles. The maximum absolute atomic E-state index is 14.5. The maximum Gasteiger partial charge on any atom is 0.254 e. The lowest BCUT2D eigenvalue weighted by Gasteiger charge is -2.26. The lowest BCUT2D eigenvalue weighted by Crippen LogP contribution is -2.41. The lowest BCUT2D eigenvalue weighted by atomic mass is 9.90. The molecule has 3 aromatic rings. The molecule has 1 unspecified atom stereocenters. The number of aryl methyl sites for hydroxylation is 1. The molecule has 1 aliphatic rings. The van der Waals surface area contributed by atoms with E-state index in [1.54, 1.807) is 0 Å². The molecule has 0 bridgehead atoms. The number of rotatable bonds is 3. The average Bonchev–Trinajstić information content (AvgIpc) is 3.05. The largest absolute Gasteiger partial charge is 0.398 e. The Kier molecular flexibility index (Phi) is 4.06. The van der Waals surface area contributed by atoms with Crippen LogP contribution in [-0.4, -0.2) is 27.2 Å². The van der Waals surface area contributed by atoms with Crippen LogP contribution in [0.5, 0.6) is 0 Å². The Morgan fingerprint density at radius 2 is 2.11 bits per heavy atom. The first-order chi connectivity index (χ1) is 13.1. The minimum absolute atomic E-state index is 0.0198. The smallest absolute Gasteiger partial charge is 0.254 e. The van der Waals surface area contributed by atoms with E-state index >= 15 is 0 Å². The van der Waals surface area contributed by atoms with Crippen molar-refractivity contribution in [2.24, 2.45) is 7.05 Å². The molecule has 4 N–H and O–H groups in total. The fraction of sp³-hybridized carbons (Fsp3) is 0.222. The number of halogens is 4. The molecule has 0 saturated heterocycles. The number of carbonyl (C=O) groups is 1. The van der Waals surface area contributed by atoms with Crippen molar-refractivity contribution >= 4 is 34.1 Å². The molecule has 28 heavy (non-hydrogen) atoms. The molecular weight excluding hydrogens is 397 g/mol. The number of aromatic nitrogens is 2. The number of carbonyl (C=O) groups excluding carboxylic acids is 1. The Hall–Kier alpha value is -2.78. The minimum atomic E-state index is -2.66. The molecule has 6 nitrogen and oxygen atoms in total. The summed E-state index contributed by atoms with van der Waals surface area (Å²) in [5.74, 6) is -1.52. The molecule has 1 aromatic heterocycles. The van der Waals surface area contributed by atoms with Gasteiger partial charge in [0.25, 0.3) is 5.91 Å². The van der Waals surface area contributed by atoms with Crippen LogP contribution in [-0.2, 0) is 19.2 Å². The van der Waals surface area contributed by atoms with Crippen molar-refractivity contribution in [3.05, 3.63) is 57.5 Å². The number of amides is 1. The van der Waals surface area contributed by atoms with Crippen LogP contribution in [0.2, 0.25) is 5.02 Å². The molecule has 0 radical (unpaired) electrons. The van der Waals surface area contributed by atoms with Crippen LogP contribution in [0.15, 0.2) is 24.3 Å². The number of nitrogen functional groups attached to an aromatic ring is 1. The van der Waals surface area contributed by atoms with Gasteiger partial charge in [-0.1, -0.05) is 11.6 Å². The number of hydrogen-bond donors (Lipinski definition) is 3. The highest BCUT2D eigenvalue weighted by Gasteiger charge is 2.47. The second-order valence-electron chi connectivity index (χ2n) is 6.56.